The van der Waals surface area contributed by atoms with E-state index in [2.05, 4.69) is 20.9 Å². The molecule has 2 rings (SSSR count). The van der Waals surface area contributed by atoms with Crippen molar-refractivity contribution in [2.24, 2.45) is 0 Å². The highest BCUT2D eigenvalue weighted by atomic mass is 79.9. The third-order valence-electron chi connectivity index (χ3n) is 3.16. The number of hydrogen-bond acceptors (Lipinski definition) is 5. The third-order valence-corrected chi connectivity index (χ3v) is 5.61. The lowest BCUT2D eigenvalue weighted by atomic mass is 10.2. The molecule has 0 fully saturated rings. The Labute approximate surface area is 160 Å². The van der Waals surface area contributed by atoms with Gasteiger partial charge in [-0.25, -0.2) is 4.98 Å². The van der Waals surface area contributed by atoms with E-state index in [4.69, 9.17) is 16.3 Å². The summed E-state index contributed by atoms with van der Waals surface area (Å²) in [5.41, 5.74) is -1.19. The Morgan fingerprint density at radius 1 is 1.35 bits per heavy atom. The van der Waals surface area contributed by atoms with E-state index in [1.165, 1.54) is 19.4 Å². The maximum atomic E-state index is 13.0. The second-order valence-electron chi connectivity index (χ2n) is 4.97. The van der Waals surface area contributed by atoms with Crippen LogP contribution in [-0.2, 0) is 27.5 Å². The summed E-state index contributed by atoms with van der Waals surface area (Å²) in [5, 5.41) is 9.50. The Balaban J connectivity index is 2.53. The van der Waals surface area contributed by atoms with Crippen molar-refractivity contribution in [1.29, 1.82) is 0 Å². The zero-order chi connectivity index (χ0) is 19.7. The molecule has 6 nitrogen and oxygen atoms in total. The molecule has 1 N–H and O–H groups in total. The van der Waals surface area contributed by atoms with E-state index >= 15 is 0 Å². The highest BCUT2D eigenvalue weighted by molar-refractivity contribution is 9.10. The fourth-order valence-electron chi connectivity index (χ4n) is 1.97. The second kappa shape index (κ2) is 7.69. The number of rotatable bonds is 5. The lowest BCUT2D eigenvalue weighted by molar-refractivity contribution is -0.137. The molecule has 1 aromatic heterocycles. The predicted octanol–water partition coefficient (Wildman–Crippen LogP) is 4.25. The first-order valence-corrected chi connectivity index (χ1v) is 9.34. The van der Waals surface area contributed by atoms with Crippen LogP contribution < -0.4 is 4.47 Å². The number of sulfonamides is 1. The van der Waals surface area contributed by atoms with Crippen molar-refractivity contribution in [3.05, 3.63) is 51.2 Å². The number of pyridine rings is 1. The molecule has 1 heterocycles. The van der Waals surface area contributed by atoms with E-state index in [0.717, 1.165) is 12.1 Å². The van der Waals surface area contributed by atoms with Gasteiger partial charge in [-0.15, -0.1) is 4.47 Å². The van der Waals surface area contributed by atoms with Gasteiger partial charge in [-0.05, 0) is 45.8 Å². The average molecular weight is 476 g/mol. The number of methoxy groups -OCH3 is 1. The van der Waals surface area contributed by atoms with E-state index in [1.807, 2.05) is 0 Å². The lowest BCUT2D eigenvalue weighted by Crippen LogP contribution is -2.28. The van der Waals surface area contributed by atoms with Crippen LogP contribution in [0.25, 0.3) is 0 Å². The number of hydrogen-bond donors (Lipinski definition) is 1. The SMILES string of the molecule is COCc1cnc(Br)c(N(O)S(=O)(=O)c2ccc(Cl)c(C(F)(F)F)c2)c1. The minimum absolute atomic E-state index is 0.0339. The Kier molecular flexibility index (Phi) is 6.18. The van der Waals surface area contributed by atoms with E-state index < -0.39 is 31.7 Å². The second-order valence-corrected chi connectivity index (χ2v) is 7.90. The van der Waals surface area contributed by atoms with Crippen LogP contribution in [0.1, 0.15) is 11.1 Å². The smallest absolute Gasteiger partial charge is 0.380 e. The van der Waals surface area contributed by atoms with Crippen LogP contribution in [-0.4, -0.2) is 25.7 Å². The summed E-state index contributed by atoms with van der Waals surface area (Å²) in [4.78, 5) is 3.08. The van der Waals surface area contributed by atoms with Gasteiger partial charge in [-0.2, -0.15) is 21.6 Å². The minimum Gasteiger partial charge on any atom is -0.380 e. The molecule has 0 saturated carbocycles. The summed E-state index contributed by atoms with van der Waals surface area (Å²) in [6.07, 6.45) is -3.48. The fourth-order valence-corrected chi connectivity index (χ4v) is 3.80. The Bertz CT molecular complexity index is 925. The number of aromatic nitrogens is 1. The topological polar surface area (TPSA) is 79.7 Å². The molecule has 26 heavy (non-hydrogen) atoms. The maximum absolute atomic E-state index is 13.0. The Morgan fingerprint density at radius 2 is 2.00 bits per heavy atom. The summed E-state index contributed by atoms with van der Waals surface area (Å²) in [6, 6.07) is 3.26. The molecule has 1 aromatic carbocycles. The summed E-state index contributed by atoms with van der Waals surface area (Å²) in [6.45, 7) is 0.0837. The van der Waals surface area contributed by atoms with E-state index in [-0.39, 0.29) is 21.4 Å². The maximum Gasteiger partial charge on any atom is 0.417 e. The molecular weight excluding hydrogens is 465 g/mol. The number of halogens is 5. The summed E-state index contributed by atoms with van der Waals surface area (Å²) >= 11 is 8.47. The van der Waals surface area contributed by atoms with E-state index in [0.29, 0.717) is 11.6 Å². The van der Waals surface area contributed by atoms with Crippen molar-refractivity contribution >= 4 is 43.2 Å². The van der Waals surface area contributed by atoms with Gasteiger partial charge in [0, 0.05) is 13.3 Å². The molecule has 0 spiro atoms. The molecule has 0 amide bonds. The molecule has 0 saturated heterocycles. The van der Waals surface area contributed by atoms with Gasteiger partial charge in [-0.3, -0.25) is 5.21 Å². The molecule has 0 radical (unpaired) electrons. The molecule has 0 unspecified atom stereocenters. The Morgan fingerprint density at radius 3 is 2.58 bits per heavy atom. The third kappa shape index (κ3) is 4.29. The van der Waals surface area contributed by atoms with Crippen molar-refractivity contribution in [1.82, 2.24) is 4.98 Å². The number of ether oxygens (including phenoxy) is 1. The summed E-state index contributed by atoms with van der Waals surface area (Å²) in [5.74, 6) is 0. The largest absolute Gasteiger partial charge is 0.417 e. The normalized spacial score (nSPS) is 12.3. The van der Waals surface area contributed by atoms with Gasteiger partial charge < -0.3 is 4.74 Å². The van der Waals surface area contributed by atoms with E-state index in [9.17, 15) is 26.8 Å². The Hall–Kier alpha value is -1.40. The number of benzene rings is 1. The quantitative estimate of drug-likeness (QED) is 0.517. The lowest BCUT2D eigenvalue weighted by Gasteiger charge is -2.19. The molecule has 0 bridgehead atoms. The molecule has 0 atom stereocenters. The van der Waals surface area contributed by atoms with Crippen molar-refractivity contribution in [3.8, 4) is 0 Å². The van der Waals surface area contributed by atoms with Gasteiger partial charge in [-0.1, -0.05) is 11.6 Å². The van der Waals surface area contributed by atoms with Gasteiger partial charge >= 0.3 is 6.18 Å². The highest BCUT2D eigenvalue weighted by Crippen LogP contribution is 2.37. The van der Waals surface area contributed by atoms with Gasteiger partial charge in [0.15, 0.2) is 0 Å². The molecule has 2 aromatic rings. The van der Waals surface area contributed by atoms with Gasteiger partial charge in [0.1, 0.15) is 10.3 Å². The number of anilines is 1. The first kappa shape index (κ1) is 20.9. The van der Waals surface area contributed by atoms with Crippen LogP contribution in [0, 0.1) is 0 Å². The predicted molar refractivity (Wildman–Crippen MR) is 90.6 cm³/mol. The van der Waals surface area contributed by atoms with Crippen LogP contribution in [0.3, 0.4) is 0 Å². The van der Waals surface area contributed by atoms with Gasteiger partial charge in [0.25, 0.3) is 10.0 Å². The molecule has 0 aliphatic carbocycles. The average Bonchev–Trinajstić information content (AvgIpc) is 2.55. The molecule has 0 aliphatic rings. The van der Waals surface area contributed by atoms with Crippen LogP contribution in [0.5, 0.6) is 0 Å². The highest BCUT2D eigenvalue weighted by Gasteiger charge is 2.36. The fraction of sp³-hybridized carbons (Fsp3) is 0.214. The van der Waals surface area contributed by atoms with Crippen LogP contribution in [0.15, 0.2) is 40.0 Å². The molecule has 12 heteroatoms. The standard InChI is InChI=1S/C14H11BrClF3N2O4S/c1-25-7-8-4-12(13(15)20-6-8)21(22)26(23,24)9-2-3-11(16)10(5-9)14(17,18)19/h2-6,22H,7H2,1H3. The number of nitrogens with zero attached hydrogens (tertiary/aromatic N) is 2. The first-order valence-electron chi connectivity index (χ1n) is 6.72. The zero-order valence-corrected chi connectivity index (χ0v) is 16.1. The molecule has 142 valence electrons. The molecule has 0 aliphatic heterocycles. The van der Waals surface area contributed by atoms with Crippen LogP contribution in [0.4, 0.5) is 18.9 Å². The van der Waals surface area contributed by atoms with Gasteiger partial charge in [0.2, 0.25) is 0 Å². The first-order chi connectivity index (χ1) is 12.0. The molecular formula is C14H11BrClF3N2O4S. The van der Waals surface area contributed by atoms with Crippen molar-refractivity contribution in [3.63, 3.8) is 0 Å². The summed E-state index contributed by atoms with van der Waals surface area (Å²) in [7, 11) is -3.32. The van der Waals surface area contributed by atoms with Crippen LogP contribution >= 0.6 is 27.5 Å². The van der Waals surface area contributed by atoms with Crippen molar-refractivity contribution < 1.29 is 31.5 Å². The monoisotopic (exact) mass is 474 g/mol. The number of alkyl halides is 3. The van der Waals surface area contributed by atoms with Crippen molar-refractivity contribution in [2.45, 2.75) is 17.7 Å². The minimum atomic E-state index is -4.86. The van der Waals surface area contributed by atoms with Crippen LogP contribution in [0.2, 0.25) is 5.02 Å². The zero-order valence-electron chi connectivity index (χ0n) is 13.0. The van der Waals surface area contributed by atoms with Gasteiger partial charge in [0.05, 0.1) is 22.1 Å². The van der Waals surface area contributed by atoms with E-state index in [1.54, 1.807) is 0 Å². The summed E-state index contributed by atoms with van der Waals surface area (Å²) < 4.78 is 68.6. The van der Waals surface area contributed by atoms with Crippen molar-refractivity contribution in [2.75, 3.05) is 11.6 Å².